The van der Waals surface area contributed by atoms with E-state index < -0.39 is 0 Å². The van der Waals surface area contributed by atoms with Crippen LogP contribution in [0.25, 0.3) is 0 Å². The molecule has 0 aromatic heterocycles. The van der Waals surface area contributed by atoms with Gasteiger partial charge in [0.05, 0.1) is 27.9 Å². The van der Waals surface area contributed by atoms with Crippen molar-refractivity contribution in [3.05, 3.63) is 53.1 Å². The maximum atomic E-state index is 12.5. The zero-order chi connectivity index (χ0) is 21.1. The first kappa shape index (κ1) is 22.6. The van der Waals surface area contributed by atoms with Gasteiger partial charge in [-0.2, -0.15) is 0 Å². The van der Waals surface area contributed by atoms with Gasteiger partial charge in [-0.3, -0.25) is 4.79 Å². The van der Waals surface area contributed by atoms with Crippen molar-refractivity contribution < 1.29 is 23.7 Å². The number of carbonyl (C=O) groups excluding carboxylic acids is 1. The van der Waals surface area contributed by atoms with E-state index >= 15 is 0 Å². The van der Waals surface area contributed by atoms with Gasteiger partial charge in [0.1, 0.15) is 5.75 Å². The molecule has 0 spiro atoms. The molecule has 0 aliphatic rings. The lowest BCUT2D eigenvalue weighted by atomic mass is 10.1. The van der Waals surface area contributed by atoms with Gasteiger partial charge < -0.3 is 24.3 Å². The maximum Gasteiger partial charge on any atom is 0.251 e. The molecule has 29 heavy (non-hydrogen) atoms. The molecule has 0 saturated heterocycles. The van der Waals surface area contributed by atoms with Crippen molar-refractivity contribution in [3.63, 3.8) is 0 Å². The summed E-state index contributed by atoms with van der Waals surface area (Å²) in [5.41, 5.74) is 2.52. The van der Waals surface area contributed by atoms with Crippen molar-refractivity contribution in [3.8, 4) is 17.2 Å². The van der Waals surface area contributed by atoms with Crippen LogP contribution in [0.4, 0.5) is 0 Å². The molecule has 0 heterocycles. The highest BCUT2D eigenvalue weighted by Gasteiger charge is 2.11. The van der Waals surface area contributed by atoms with Gasteiger partial charge in [0.25, 0.3) is 5.91 Å². The summed E-state index contributed by atoms with van der Waals surface area (Å²) < 4.78 is 21.6. The number of carbonyl (C=O) groups is 1. The van der Waals surface area contributed by atoms with Crippen LogP contribution in [-0.2, 0) is 17.8 Å². The third-order valence-electron chi connectivity index (χ3n) is 4.59. The third-order valence-corrected chi connectivity index (χ3v) is 4.59. The molecule has 0 aliphatic heterocycles. The van der Waals surface area contributed by atoms with Crippen molar-refractivity contribution >= 4 is 5.91 Å². The quantitative estimate of drug-likeness (QED) is 0.545. The van der Waals surface area contributed by atoms with Gasteiger partial charge >= 0.3 is 0 Å². The Labute approximate surface area is 173 Å². The van der Waals surface area contributed by atoms with Crippen LogP contribution in [0.1, 0.15) is 41.3 Å². The molecular formula is C23H31NO5. The first-order valence-corrected chi connectivity index (χ1v) is 9.86. The lowest BCUT2D eigenvalue weighted by Gasteiger charge is -2.12. The summed E-state index contributed by atoms with van der Waals surface area (Å²) in [6, 6.07) is 11.2. The van der Waals surface area contributed by atoms with E-state index in [9.17, 15) is 4.79 Å². The van der Waals surface area contributed by atoms with Gasteiger partial charge in [-0.15, -0.1) is 0 Å². The maximum absolute atomic E-state index is 12.5. The second-order valence-corrected chi connectivity index (χ2v) is 6.63. The van der Waals surface area contributed by atoms with E-state index in [2.05, 4.69) is 12.2 Å². The number of hydrogen-bond acceptors (Lipinski definition) is 5. The second-order valence-electron chi connectivity index (χ2n) is 6.63. The van der Waals surface area contributed by atoms with Gasteiger partial charge in [0.15, 0.2) is 11.5 Å². The molecule has 0 saturated carbocycles. The predicted molar refractivity (Wildman–Crippen MR) is 113 cm³/mol. The molecule has 2 rings (SSSR count). The number of benzene rings is 2. The summed E-state index contributed by atoms with van der Waals surface area (Å²) in [6.45, 7) is 3.76. The average molecular weight is 402 g/mol. The van der Waals surface area contributed by atoms with Crippen LogP contribution in [-0.4, -0.2) is 40.4 Å². The average Bonchev–Trinajstić information content (AvgIpc) is 2.76. The van der Waals surface area contributed by atoms with Crippen molar-refractivity contribution in [2.45, 2.75) is 32.8 Å². The zero-order valence-corrected chi connectivity index (χ0v) is 17.7. The Morgan fingerprint density at radius 3 is 2.34 bits per heavy atom. The Balaban J connectivity index is 1.94. The number of unbranched alkanes of at least 4 members (excludes halogenated alkanes) is 1. The molecule has 6 heteroatoms. The topological polar surface area (TPSA) is 66.0 Å². The molecule has 0 radical (unpaired) electrons. The van der Waals surface area contributed by atoms with Crippen LogP contribution in [0.5, 0.6) is 17.2 Å². The fourth-order valence-corrected chi connectivity index (χ4v) is 2.92. The third kappa shape index (κ3) is 6.68. The molecule has 0 fully saturated rings. The molecule has 6 nitrogen and oxygen atoms in total. The van der Waals surface area contributed by atoms with Gasteiger partial charge in [0, 0.05) is 24.3 Å². The minimum Gasteiger partial charge on any atom is -0.496 e. The summed E-state index contributed by atoms with van der Waals surface area (Å²) in [5, 5.41) is 2.96. The summed E-state index contributed by atoms with van der Waals surface area (Å²) in [4.78, 5) is 12.5. The highest BCUT2D eigenvalue weighted by molar-refractivity contribution is 5.94. The molecule has 1 N–H and O–H groups in total. The molecular weight excluding hydrogens is 370 g/mol. The smallest absolute Gasteiger partial charge is 0.251 e. The van der Waals surface area contributed by atoms with E-state index in [0.29, 0.717) is 43.2 Å². The second kappa shape index (κ2) is 12.0. The number of ether oxygens (including phenoxy) is 4. The first-order valence-electron chi connectivity index (χ1n) is 9.86. The van der Waals surface area contributed by atoms with Gasteiger partial charge in [0.2, 0.25) is 0 Å². The summed E-state index contributed by atoms with van der Waals surface area (Å²) >= 11 is 0. The van der Waals surface area contributed by atoms with Crippen LogP contribution in [0.3, 0.4) is 0 Å². The lowest BCUT2D eigenvalue weighted by Crippen LogP contribution is -2.25. The number of hydrogen-bond donors (Lipinski definition) is 1. The zero-order valence-electron chi connectivity index (χ0n) is 17.7. The highest BCUT2D eigenvalue weighted by Crippen LogP contribution is 2.27. The minimum atomic E-state index is -0.122. The number of rotatable bonds is 12. The van der Waals surface area contributed by atoms with Crippen molar-refractivity contribution in [1.29, 1.82) is 0 Å². The van der Waals surface area contributed by atoms with E-state index in [0.717, 1.165) is 29.7 Å². The molecule has 2 aromatic rings. The predicted octanol–water partition coefficient (Wildman–Crippen LogP) is 4.00. The first-order chi connectivity index (χ1) is 14.1. The van der Waals surface area contributed by atoms with Gasteiger partial charge in [-0.25, -0.2) is 0 Å². The lowest BCUT2D eigenvalue weighted by molar-refractivity contribution is 0.0953. The van der Waals surface area contributed by atoms with Gasteiger partial charge in [-0.1, -0.05) is 19.4 Å². The summed E-state index contributed by atoms with van der Waals surface area (Å²) in [6.07, 6.45) is 2.79. The summed E-state index contributed by atoms with van der Waals surface area (Å²) in [7, 11) is 4.83. The Hall–Kier alpha value is -2.73. The van der Waals surface area contributed by atoms with E-state index in [-0.39, 0.29) is 5.91 Å². The van der Waals surface area contributed by atoms with Crippen molar-refractivity contribution in [2.24, 2.45) is 0 Å². The Bertz CT molecular complexity index is 791. The molecule has 0 unspecified atom stereocenters. The Kier molecular flexibility index (Phi) is 9.31. The van der Waals surface area contributed by atoms with Crippen LogP contribution in [0.2, 0.25) is 0 Å². The van der Waals surface area contributed by atoms with Crippen LogP contribution >= 0.6 is 0 Å². The minimum absolute atomic E-state index is 0.122. The van der Waals surface area contributed by atoms with Crippen LogP contribution in [0.15, 0.2) is 36.4 Å². The molecule has 158 valence electrons. The standard InChI is InChI=1S/C23H31NO5/c1-5-6-13-29-16-19-15-18(8-10-20(19)26-2)23(25)24-12-11-17-7-9-21(27-3)22(14-17)28-4/h7-10,14-15H,5-6,11-13,16H2,1-4H3,(H,24,25). The van der Waals surface area contributed by atoms with E-state index in [4.69, 9.17) is 18.9 Å². The molecule has 1 amide bonds. The SMILES string of the molecule is CCCCOCc1cc(C(=O)NCCc2ccc(OC)c(OC)c2)ccc1OC. The molecule has 0 bridgehead atoms. The Morgan fingerprint density at radius 2 is 1.66 bits per heavy atom. The fourth-order valence-electron chi connectivity index (χ4n) is 2.92. The number of methoxy groups -OCH3 is 3. The monoisotopic (exact) mass is 401 g/mol. The van der Waals surface area contributed by atoms with E-state index in [1.807, 2.05) is 30.3 Å². The van der Waals surface area contributed by atoms with Gasteiger partial charge in [-0.05, 0) is 48.7 Å². The molecule has 0 atom stereocenters. The molecule has 0 aliphatic carbocycles. The summed E-state index contributed by atoms with van der Waals surface area (Å²) in [5.74, 6) is 1.97. The van der Waals surface area contributed by atoms with Crippen LogP contribution in [0, 0.1) is 0 Å². The van der Waals surface area contributed by atoms with Crippen LogP contribution < -0.4 is 19.5 Å². The fraction of sp³-hybridized carbons (Fsp3) is 0.435. The number of amides is 1. The van der Waals surface area contributed by atoms with E-state index in [1.54, 1.807) is 27.4 Å². The normalized spacial score (nSPS) is 10.5. The molecule has 2 aromatic carbocycles. The Morgan fingerprint density at radius 1 is 0.931 bits per heavy atom. The largest absolute Gasteiger partial charge is 0.496 e. The van der Waals surface area contributed by atoms with Crippen molar-refractivity contribution in [2.75, 3.05) is 34.5 Å². The highest BCUT2D eigenvalue weighted by atomic mass is 16.5. The van der Waals surface area contributed by atoms with E-state index in [1.165, 1.54) is 0 Å². The number of nitrogens with one attached hydrogen (secondary N) is 1. The van der Waals surface area contributed by atoms with Crippen molar-refractivity contribution in [1.82, 2.24) is 5.32 Å².